The predicted molar refractivity (Wildman–Crippen MR) is 204 cm³/mol. The molecule has 0 aliphatic carbocycles. The summed E-state index contributed by atoms with van der Waals surface area (Å²) in [5.41, 5.74) is 8.61. The van der Waals surface area contributed by atoms with E-state index in [-0.39, 0.29) is 36.6 Å². The monoisotopic (exact) mass is 650 g/mol. The Morgan fingerprint density at radius 3 is 1.35 bits per heavy atom. The van der Waals surface area contributed by atoms with Gasteiger partial charge >= 0.3 is 14.2 Å². The number of hydrogen-bond donors (Lipinski definition) is 0. The highest BCUT2D eigenvalue weighted by Crippen LogP contribution is 2.39. The van der Waals surface area contributed by atoms with Gasteiger partial charge in [0.1, 0.15) is 0 Å². The lowest BCUT2D eigenvalue weighted by molar-refractivity contribution is 0.00578. The minimum absolute atomic E-state index is 0.345. The van der Waals surface area contributed by atoms with Gasteiger partial charge in [-0.2, -0.15) is 0 Å². The van der Waals surface area contributed by atoms with Gasteiger partial charge in [-0.3, -0.25) is 0 Å². The molecular weight excluding hydrogens is 590 g/mol. The number of hydrogen-bond acceptors (Lipinski definition) is 4. The second-order valence-electron chi connectivity index (χ2n) is 16.2. The molecule has 0 saturated carbocycles. The van der Waals surface area contributed by atoms with Crippen molar-refractivity contribution >= 4 is 25.2 Å². The van der Waals surface area contributed by atoms with Crippen LogP contribution < -0.4 is 10.9 Å². The quantitative estimate of drug-likeness (QED) is 0.129. The van der Waals surface area contributed by atoms with Crippen LogP contribution in [0.25, 0.3) is 22.3 Å². The van der Waals surface area contributed by atoms with Crippen LogP contribution in [0, 0.1) is 0 Å². The first-order valence-electron chi connectivity index (χ1n) is 18.8. The summed E-state index contributed by atoms with van der Waals surface area (Å²) >= 11 is 0. The third-order valence-electron chi connectivity index (χ3n) is 11.4. The van der Waals surface area contributed by atoms with E-state index >= 15 is 0 Å². The van der Waals surface area contributed by atoms with Crippen molar-refractivity contribution in [2.75, 3.05) is 0 Å². The van der Waals surface area contributed by atoms with E-state index in [1.165, 1.54) is 90.2 Å². The van der Waals surface area contributed by atoms with Gasteiger partial charge in [0.15, 0.2) is 0 Å². The Hall–Kier alpha value is -2.37. The van der Waals surface area contributed by atoms with E-state index in [1.54, 1.807) is 0 Å². The molecule has 6 heteroatoms. The van der Waals surface area contributed by atoms with Crippen LogP contribution >= 0.6 is 0 Å². The highest BCUT2D eigenvalue weighted by molar-refractivity contribution is 6.63. The Bertz CT molecular complexity index is 1480. The second-order valence-corrected chi connectivity index (χ2v) is 16.2. The standard InChI is InChI=1S/C42H60B2O4/c1-11-13-15-17-19-34-30-38(44-47-41(7,8)42(9,10)48-44)35(20-18-16-14-12-2)29-37(34)33-23-21-31(22-24-33)32-25-27-36(28-26-32)43-45-39(3,4)40(5,6)46-43/h21-30H,11-20H2,1-10H3. The molecule has 0 aromatic heterocycles. The number of rotatable bonds is 14. The molecule has 0 bridgehead atoms. The molecule has 2 aliphatic heterocycles. The molecule has 0 N–H and O–H groups in total. The predicted octanol–water partition coefficient (Wildman–Crippen LogP) is 9.86. The fourth-order valence-corrected chi connectivity index (χ4v) is 6.73. The molecule has 5 rings (SSSR count). The van der Waals surface area contributed by atoms with Gasteiger partial charge in [-0.1, -0.05) is 113 Å². The molecule has 2 fully saturated rings. The van der Waals surface area contributed by atoms with Crippen LogP contribution in [0.15, 0.2) is 60.7 Å². The molecule has 0 radical (unpaired) electrons. The highest BCUT2D eigenvalue weighted by Gasteiger charge is 2.53. The van der Waals surface area contributed by atoms with Crippen molar-refractivity contribution < 1.29 is 18.6 Å². The van der Waals surface area contributed by atoms with Crippen LogP contribution in [0.2, 0.25) is 0 Å². The summed E-state index contributed by atoms with van der Waals surface area (Å²) in [6.07, 6.45) is 12.0. The molecule has 0 atom stereocenters. The van der Waals surface area contributed by atoms with Crippen LogP contribution in [-0.2, 0) is 31.5 Å². The van der Waals surface area contributed by atoms with Gasteiger partial charge in [0.2, 0.25) is 0 Å². The largest absolute Gasteiger partial charge is 0.495 e. The Morgan fingerprint density at radius 2 is 0.875 bits per heavy atom. The first-order valence-corrected chi connectivity index (χ1v) is 18.8. The number of aryl methyl sites for hydroxylation is 2. The van der Waals surface area contributed by atoms with Crippen molar-refractivity contribution in [3.8, 4) is 22.3 Å². The van der Waals surface area contributed by atoms with Gasteiger partial charge in [-0.15, -0.1) is 0 Å². The molecule has 4 nitrogen and oxygen atoms in total. The van der Waals surface area contributed by atoms with Gasteiger partial charge in [0, 0.05) is 0 Å². The SMILES string of the molecule is CCCCCCc1cc(-c2ccc(-c3ccc(B4OC(C)(C)C(C)(C)O4)cc3)cc2)c(CCCCCC)cc1B1OC(C)(C)C(C)(C)O1. The summed E-state index contributed by atoms with van der Waals surface area (Å²) in [5.74, 6) is 0. The van der Waals surface area contributed by atoms with E-state index < -0.39 is 0 Å². The van der Waals surface area contributed by atoms with Crippen LogP contribution in [0.3, 0.4) is 0 Å². The third-order valence-corrected chi connectivity index (χ3v) is 11.4. The minimum Gasteiger partial charge on any atom is -0.399 e. The van der Waals surface area contributed by atoms with Gasteiger partial charge in [-0.25, -0.2) is 0 Å². The zero-order valence-corrected chi connectivity index (χ0v) is 31.6. The van der Waals surface area contributed by atoms with Gasteiger partial charge in [0.25, 0.3) is 0 Å². The van der Waals surface area contributed by atoms with Crippen LogP contribution in [-0.4, -0.2) is 36.6 Å². The average Bonchev–Trinajstić information content (AvgIpc) is 3.40. The Labute approximate surface area is 293 Å². The molecule has 0 unspecified atom stereocenters. The van der Waals surface area contributed by atoms with Crippen molar-refractivity contribution in [2.45, 2.75) is 156 Å². The van der Waals surface area contributed by atoms with Crippen molar-refractivity contribution in [2.24, 2.45) is 0 Å². The summed E-state index contributed by atoms with van der Waals surface area (Å²) in [7, 11) is -0.694. The Kier molecular flexibility index (Phi) is 11.4. The summed E-state index contributed by atoms with van der Waals surface area (Å²) < 4.78 is 25.9. The maximum Gasteiger partial charge on any atom is 0.495 e. The highest BCUT2D eigenvalue weighted by atomic mass is 16.7. The second kappa shape index (κ2) is 14.9. The van der Waals surface area contributed by atoms with Gasteiger partial charge in [-0.05, 0) is 125 Å². The summed E-state index contributed by atoms with van der Waals surface area (Å²) in [6, 6.07) is 22.7. The van der Waals surface area contributed by atoms with Gasteiger partial charge in [0.05, 0.1) is 22.4 Å². The van der Waals surface area contributed by atoms with Crippen molar-refractivity contribution in [3.63, 3.8) is 0 Å². The molecule has 0 spiro atoms. The molecule has 2 saturated heterocycles. The maximum absolute atomic E-state index is 6.65. The van der Waals surface area contributed by atoms with Crippen LogP contribution in [0.5, 0.6) is 0 Å². The van der Waals surface area contributed by atoms with E-state index in [4.69, 9.17) is 18.6 Å². The Morgan fingerprint density at radius 1 is 0.458 bits per heavy atom. The third kappa shape index (κ3) is 7.99. The van der Waals surface area contributed by atoms with Crippen LogP contribution in [0.4, 0.5) is 0 Å². The fraction of sp³-hybridized carbons (Fsp3) is 0.571. The smallest absolute Gasteiger partial charge is 0.399 e. The number of unbranched alkanes of at least 4 members (excludes halogenated alkanes) is 6. The topological polar surface area (TPSA) is 36.9 Å². The van der Waals surface area contributed by atoms with Crippen LogP contribution in [0.1, 0.15) is 132 Å². The van der Waals surface area contributed by atoms with Crippen molar-refractivity contribution in [3.05, 3.63) is 71.8 Å². The zero-order valence-electron chi connectivity index (χ0n) is 31.6. The molecule has 0 amide bonds. The summed E-state index contributed by atoms with van der Waals surface area (Å²) in [6.45, 7) is 21.6. The summed E-state index contributed by atoms with van der Waals surface area (Å²) in [5, 5.41) is 0. The number of benzene rings is 3. The van der Waals surface area contributed by atoms with E-state index in [0.717, 1.165) is 18.3 Å². The molecule has 2 heterocycles. The molecule has 2 aliphatic rings. The van der Waals surface area contributed by atoms with Crippen molar-refractivity contribution in [1.29, 1.82) is 0 Å². The first-order chi connectivity index (χ1) is 22.7. The van der Waals surface area contributed by atoms with E-state index in [2.05, 4.69) is 130 Å². The average molecular weight is 651 g/mol. The minimum atomic E-state index is -0.366. The fourth-order valence-electron chi connectivity index (χ4n) is 6.73. The maximum atomic E-state index is 6.65. The molecule has 258 valence electrons. The molecular formula is C42H60B2O4. The molecule has 48 heavy (non-hydrogen) atoms. The lowest BCUT2D eigenvalue weighted by atomic mass is 9.72. The lowest BCUT2D eigenvalue weighted by Crippen LogP contribution is -2.41. The zero-order chi connectivity index (χ0) is 34.7. The lowest BCUT2D eigenvalue weighted by Gasteiger charge is -2.32. The van der Waals surface area contributed by atoms with Gasteiger partial charge < -0.3 is 18.6 Å². The van der Waals surface area contributed by atoms with E-state index in [9.17, 15) is 0 Å². The summed E-state index contributed by atoms with van der Waals surface area (Å²) in [4.78, 5) is 0. The normalized spacial score (nSPS) is 19.3. The first kappa shape index (κ1) is 36.9. The molecule has 3 aromatic rings. The Balaban J connectivity index is 1.45. The van der Waals surface area contributed by atoms with E-state index in [1.807, 2.05) is 0 Å². The van der Waals surface area contributed by atoms with E-state index in [0.29, 0.717) is 0 Å². The molecule has 3 aromatic carbocycles. The van der Waals surface area contributed by atoms with Crippen molar-refractivity contribution in [1.82, 2.24) is 0 Å².